The van der Waals surface area contributed by atoms with Crippen LogP contribution in [0.3, 0.4) is 0 Å². The number of hydrogen-bond donors (Lipinski definition) is 2. The largest absolute Gasteiger partial charge is 0.377 e. The normalized spacial score (nSPS) is 12.6. The minimum Gasteiger partial charge on any atom is -0.377 e. The van der Waals surface area contributed by atoms with Crippen molar-refractivity contribution in [2.75, 3.05) is 10.0 Å². The summed E-state index contributed by atoms with van der Waals surface area (Å²) in [6, 6.07) is 7.51. The average Bonchev–Trinajstić information content (AvgIpc) is 3.02. The lowest BCUT2D eigenvalue weighted by atomic mass is 10.1. The van der Waals surface area contributed by atoms with Crippen molar-refractivity contribution in [1.29, 1.82) is 0 Å². The minimum atomic E-state index is -4.27. The molecule has 3 aromatic rings. The van der Waals surface area contributed by atoms with Crippen molar-refractivity contribution in [3.8, 4) is 0 Å². The van der Waals surface area contributed by atoms with E-state index in [0.717, 1.165) is 23.5 Å². The zero-order valence-corrected chi connectivity index (χ0v) is 17.4. The molecule has 0 amide bonds. The van der Waals surface area contributed by atoms with Crippen molar-refractivity contribution >= 4 is 55.4 Å². The molecule has 1 atom stereocenters. The first-order chi connectivity index (χ1) is 13.2. The molecule has 0 spiro atoms. The van der Waals surface area contributed by atoms with Crippen LogP contribution in [0.4, 0.5) is 19.6 Å². The highest BCUT2D eigenvalue weighted by Gasteiger charge is 2.23. The smallest absolute Gasteiger partial charge is 0.266 e. The van der Waals surface area contributed by atoms with Crippen LogP contribution in [0, 0.1) is 11.6 Å². The lowest BCUT2D eigenvalue weighted by Gasteiger charge is -2.18. The minimum absolute atomic E-state index is 0.00380. The molecule has 0 radical (unpaired) electrons. The molecule has 2 N–H and O–H groups in total. The Kier molecular flexibility index (Phi) is 6.09. The van der Waals surface area contributed by atoms with Crippen LogP contribution >= 0.6 is 34.5 Å². The average molecular weight is 464 g/mol. The molecule has 0 saturated heterocycles. The van der Waals surface area contributed by atoms with Gasteiger partial charge in [-0.05, 0) is 25.1 Å². The fourth-order valence-corrected chi connectivity index (χ4v) is 4.88. The molecule has 11 heteroatoms. The van der Waals surface area contributed by atoms with E-state index in [1.165, 1.54) is 12.3 Å². The summed E-state index contributed by atoms with van der Waals surface area (Å²) in [5, 5.41) is 2.84. The van der Waals surface area contributed by atoms with Crippen molar-refractivity contribution in [3.05, 3.63) is 69.2 Å². The third-order valence-corrected chi connectivity index (χ3v) is 6.58. The standard InChI is InChI=1S/C17H13Cl2F2N3O2S2/c1-9(10-4-2-3-5-12(10)20)23-14-7-13(21)15(6-11(14)18)28(25,26)24-17-22-8-16(19)27-17/h2-9,23H,1H3,(H,22,24)/t9-/m0/s1. The summed E-state index contributed by atoms with van der Waals surface area (Å²) < 4.78 is 55.7. The first-order valence-electron chi connectivity index (χ1n) is 7.81. The predicted molar refractivity (Wildman–Crippen MR) is 108 cm³/mol. The summed E-state index contributed by atoms with van der Waals surface area (Å²) in [5.74, 6) is -1.45. The first kappa shape index (κ1) is 20.8. The van der Waals surface area contributed by atoms with Gasteiger partial charge in [0, 0.05) is 5.56 Å². The van der Waals surface area contributed by atoms with E-state index in [1.54, 1.807) is 25.1 Å². The molecule has 0 aliphatic carbocycles. The third kappa shape index (κ3) is 4.54. The number of aromatic nitrogens is 1. The fourth-order valence-electron chi connectivity index (χ4n) is 2.45. The van der Waals surface area contributed by atoms with E-state index in [2.05, 4.69) is 15.0 Å². The van der Waals surface area contributed by atoms with Crippen molar-refractivity contribution in [2.24, 2.45) is 0 Å². The van der Waals surface area contributed by atoms with Crippen LogP contribution in [-0.2, 0) is 10.0 Å². The van der Waals surface area contributed by atoms with Gasteiger partial charge >= 0.3 is 0 Å². The maximum atomic E-state index is 14.5. The maximum Gasteiger partial charge on any atom is 0.266 e. The zero-order valence-electron chi connectivity index (χ0n) is 14.2. The molecule has 0 aliphatic heterocycles. The number of hydrogen-bond acceptors (Lipinski definition) is 5. The van der Waals surface area contributed by atoms with Crippen molar-refractivity contribution in [2.45, 2.75) is 17.9 Å². The molecule has 2 aromatic carbocycles. The van der Waals surface area contributed by atoms with Gasteiger partial charge in [-0.25, -0.2) is 22.2 Å². The van der Waals surface area contributed by atoms with Crippen LogP contribution in [0.15, 0.2) is 47.5 Å². The van der Waals surface area contributed by atoms with Crippen molar-refractivity contribution < 1.29 is 17.2 Å². The highest BCUT2D eigenvalue weighted by molar-refractivity contribution is 7.93. The molecule has 28 heavy (non-hydrogen) atoms. The van der Waals surface area contributed by atoms with Gasteiger partial charge in [-0.2, -0.15) is 0 Å². The summed E-state index contributed by atoms with van der Waals surface area (Å²) in [6.07, 6.45) is 1.27. The van der Waals surface area contributed by atoms with E-state index in [1.807, 2.05) is 0 Å². The lowest BCUT2D eigenvalue weighted by molar-refractivity contribution is 0.570. The molecule has 148 valence electrons. The van der Waals surface area contributed by atoms with Gasteiger partial charge in [0.05, 0.1) is 22.9 Å². The SMILES string of the molecule is C[C@H](Nc1cc(F)c(S(=O)(=O)Nc2ncc(Cl)s2)cc1Cl)c1ccccc1F. The number of rotatable bonds is 6. The molecule has 3 rings (SSSR count). The Labute approximate surface area is 174 Å². The summed E-state index contributed by atoms with van der Waals surface area (Å²) in [6.45, 7) is 1.67. The highest BCUT2D eigenvalue weighted by atomic mass is 35.5. The Balaban J connectivity index is 1.87. The van der Waals surface area contributed by atoms with E-state index >= 15 is 0 Å². The summed E-state index contributed by atoms with van der Waals surface area (Å²) in [5.41, 5.74) is 0.490. The molecule has 0 unspecified atom stereocenters. The molecule has 5 nitrogen and oxygen atoms in total. The van der Waals surface area contributed by atoms with Crippen LogP contribution in [0.5, 0.6) is 0 Å². The second kappa shape index (κ2) is 8.20. The number of anilines is 2. The number of halogens is 4. The second-order valence-corrected chi connectivity index (χ2v) is 9.45. The Morgan fingerprint density at radius 3 is 2.50 bits per heavy atom. The molecule has 0 bridgehead atoms. The van der Waals surface area contributed by atoms with Crippen molar-refractivity contribution in [1.82, 2.24) is 4.98 Å². The second-order valence-electron chi connectivity index (χ2n) is 5.73. The Hall–Kier alpha value is -1.94. The van der Waals surface area contributed by atoms with Crippen LogP contribution in [0.1, 0.15) is 18.5 Å². The Morgan fingerprint density at radius 2 is 1.86 bits per heavy atom. The van der Waals surface area contributed by atoms with Gasteiger partial charge in [0.2, 0.25) is 0 Å². The number of thiazole rings is 1. The quantitative estimate of drug-likeness (QED) is 0.491. The molecule has 1 aromatic heterocycles. The lowest BCUT2D eigenvalue weighted by Crippen LogP contribution is -2.15. The van der Waals surface area contributed by atoms with Crippen LogP contribution in [0.25, 0.3) is 0 Å². The maximum absolute atomic E-state index is 14.5. The summed E-state index contributed by atoms with van der Waals surface area (Å²) in [7, 11) is -4.27. The van der Waals surface area contributed by atoms with E-state index in [0.29, 0.717) is 5.56 Å². The van der Waals surface area contributed by atoms with E-state index < -0.39 is 32.6 Å². The van der Waals surface area contributed by atoms with Crippen LogP contribution in [0.2, 0.25) is 9.36 Å². The van der Waals surface area contributed by atoms with E-state index in [4.69, 9.17) is 23.2 Å². The zero-order chi connectivity index (χ0) is 20.5. The molecule has 0 fully saturated rings. The van der Waals surface area contributed by atoms with Gasteiger partial charge in [0.25, 0.3) is 10.0 Å². The summed E-state index contributed by atoms with van der Waals surface area (Å²) >= 11 is 12.7. The Morgan fingerprint density at radius 1 is 1.14 bits per heavy atom. The van der Waals surface area contributed by atoms with Gasteiger partial charge < -0.3 is 5.32 Å². The molecular formula is C17H13Cl2F2N3O2S2. The predicted octanol–water partition coefficient (Wildman–Crippen LogP) is 5.70. The van der Waals surface area contributed by atoms with E-state index in [9.17, 15) is 17.2 Å². The third-order valence-electron chi connectivity index (χ3n) is 3.75. The van der Waals surface area contributed by atoms with Crippen LogP contribution < -0.4 is 10.0 Å². The Bertz CT molecular complexity index is 1120. The monoisotopic (exact) mass is 463 g/mol. The number of sulfonamides is 1. The molecule has 0 saturated carbocycles. The van der Waals surface area contributed by atoms with E-state index in [-0.39, 0.29) is 20.2 Å². The number of nitrogens with one attached hydrogen (secondary N) is 2. The number of nitrogens with zero attached hydrogens (tertiary/aromatic N) is 1. The molecular weight excluding hydrogens is 451 g/mol. The van der Waals surface area contributed by atoms with Crippen molar-refractivity contribution in [3.63, 3.8) is 0 Å². The number of benzene rings is 2. The summed E-state index contributed by atoms with van der Waals surface area (Å²) in [4.78, 5) is 3.12. The van der Waals surface area contributed by atoms with Crippen LogP contribution in [-0.4, -0.2) is 13.4 Å². The van der Waals surface area contributed by atoms with Gasteiger partial charge in [-0.1, -0.05) is 52.7 Å². The van der Waals surface area contributed by atoms with Gasteiger partial charge in [0.1, 0.15) is 20.9 Å². The van der Waals surface area contributed by atoms with Gasteiger partial charge in [-0.15, -0.1) is 0 Å². The molecule has 0 aliphatic rings. The molecule has 1 heterocycles. The first-order valence-corrected chi connectivity index (χ1v) is 10.9. The fraction of sp³-hybridized carbons (Fsp3) is 0.118. The highest BCUT2D eigenvalue weighted by Crippen LogP contribution is 2.33. The van der Waals surface area contributed by atoms with Gasteiger partial charge in [0.15, 0.2) is 5.13 Å². The van der Waals surface area contributed by atoms with Gasteiger partial charge in [-0.3, -0.25) is 4.72 Å². The topological polar surface area (TPSA) is 71.1 Å².